The van der Waals surface area contributed by atoms with Crippen LogP contribution >= 0.6 is 0 Å². The first-order chi connectivity index (χ1) is 7.74. The molecule has 0 amide bonds. The summed E-state index contributed by atoms with van der Waals surface area (Å²) in [6, 6.07) is 0. The fraction of sp³-hybridized carbons (Fsp3) is 0.857. The molecule has 1 rings (SSSR count). The molecule has 94 valence electrons. The van der Waals surface area contributed by atoms with E-state index in [0.717, 1.165) is 25.6 Å². The van der Waals surface area contributed by atoms with Crippen LogP contribution in [-0.4, -0.2) is 19.5 Å². The van der Waals surface area contributed by atoms with Gasteiger partial charge in [-0.15, -0.1) is 0 Å². The van der Waals surface area contributed by atoms with Crippen LogP contribution in [0.25, 0.3) is 0 Å². The second-order valence-electron chi connectivity index (χ2n) is 4.64. The third-order valence-electron chi connectivity index (χ3n) is 3.33. The van der Waals surface area contributed by atoms with Crippen molar-refractivity contribution in [3.05, 3.63) is 12.2 Å². The predicted octanol–water partition coefficient (Wildman–Crippen LogP) is 3.91. The van der Waals surface area contributed by atoms with Gasteiger partial charge in [0.25, 0.3) is 0 Å². The van der Waals surface area contributed by atoms with E-state index < -0.39 is 0 Å². The molecule has 0 bridgehead atoms. The predicted molar refractivity (Wildman–Crippen MR) is 67.4 cm³/mol. The van der Waals surface area contributed by atoms with Gasteiger partial charge in [-0.25, -0.2) is 0 Å². The number of hydrogen-bond acceptors (Lipinski definition) is 2. The van der Waals surface area contributed by atoms with Gasteiger partial charge in [0, 0.05) is 13.2 Å². The quantitative estimate of drug-likeness (QED) is 0.355. The monoisotopic (exact) mass is 226 g/mol. The summed E-state index contributed by atoms with van der Waals surface area (Å²) < 4.78 is 10.8. The topological polar surface area (TPSA) is 18.5 Å². The molecule has 2 atom stereocenters. The molecule has 0 aromatic carbocycles. The molecule has 0 aromatic rings. The lowest BCUT2D eigenvalue weighted by Gasteiger charge is -2.13. The van der Waals surface area contributed by atoms with Crippen LogP contribution < -0.4 is 0 Å². The third-order valence-corrected chi connectivity index (χ3v) is 3.33. The van der Waals surface area contributed by atoms with Crippen molar-refractivity contribution < 1.29 is 9.47 Å². The molecule has 1 aliphatic carbocycles. The highest BCUT2D eigenvalue weighted by Crippen LogP contribution is 2.33. The Kier molecular flexibility index (Phi) is 6.74. The molecule has 0 heterocycles. The molecule has 2 nitrogen and oxygen atoms in total. The maximum absolute atomic E-state index is 5.53. The summed E-state index contributed by atoms with van der Waals surface area (Å²) in [5.74, 6) is 0.796. The number of unbranched alkanes of at least 4 members (excludes halogenated alkanes) is 1. The van der Waals surface area contributed by atoms with E-state index >= 15 is 0 Å². The Hall–Kier alpha value is -0.340. The zero-order valence-electron chi connectivity index (χ0n) is 10.8. The first-order valence-corrected chi connectivity index (χ1v) is 6.65. The molecule has 0 spiro atoms. The molecule has 1 fully saturated rings. The Labute approximate surface area is 100 Å². The summed E-state index contributed by atoms with van der Waals surface area (Å²) in [6.45, 7) is 9.63. The van der Waals surface area contributed by atoms with Gasteiger partial charge in [-0.05, 0) is 51.9 Å². The second kappa shape index (κ2) is 7.86. The molecule has 16 heavy (non-hydrogen) atoms. The van der Waals surface area contributed by atoms with Crippen molar-refractivity contribution in [2.75, 3.05) is 13.2 Å². The van der Waals surface area contributed by atoms with Crippen LogP contribution in [0.3, 0.4) is 0 Å². The summed E-state index contributed by atoms with van der Waals surface area (Å²) in [7, 11) is 0. The average molecular weight is 226 g/mol. The summed E-state index contributed by atoms with van der Waals surface area (Å²) in [6.07, 6.45) is 7.60. The van der Waals surface area contributed by atoms with Crippen molar-refractivity contribution in [1.29, 1.82) is 0 Å². The molecule has 0 radical (unpaired) electrons. The normalized spacial score (nSPS) is 22.6. The Balaban J connectivity index is 1.93. The molecule has 2 heteroatoms. The van der Waals surface area contributed by atoms with Gasteiger partial charge in [-0.1, -0.05) is 18.6 Å². The molecular formula is C14H26O2. The summed E-state index contributed by atoms with van der Waals surface area (Å²) in [4.78, 5) is 0. The zero-order valence-corrected chi connectivity index (χ0v) is 10.8. The van der Waals surface area contributed by atoms with Crippen LogP contribution in [0.5, 0.6) is 0 Å². The maximum atomic E-state index is 5.53. The lowest BCUT2D eigenvalue weighted by molar-refractivity contribution is -0.127. The molecule has 0 aliphatic heterocycles. The van der Waals surface area contributed by atoms with Gasteiger partial charge in [0.05, 0.1) is 0 Å². The summed E-state index contributed by atoms with van der Waals surface area (Å²) in [5, 5.41) is 0. The van der Waals surface area contributed by atoms with E-state index in [1.54, 1.807) is 0 Å². The van der Waals surface area contributed by atoms with E-state index in [1.165, 1.54) is 37.7 Å². The van der Waals surface area contributed by atoms with Gasteiger partial charge >= 0.3 is 0 Å². The third kappa shape index (κ3) is 5.13. The lowest BCUT2D eigenvalue weighted by Crippen LogP contribution is -2.13. The number of rotatable bonds is 8. The van der Waals surface area contributed by atoms with Crippen molar-refractivity contribution in [2.45, 2.75) is 58.7 Å². The summed E-state index contributed by atoms with van der Waals surface area (Å²) in [5.41, 5.74) is 1.48. The second-order valence-corrected chi connectivity index (χ2v) is 4.64. The van der Waals surface area contributed by atoms with Crippen molar-refractivity contribution in [3.8, 4) is 0 Å². The van der Waals surface area contributed by atoms with Gasteiger partial charge in [-0.2, -0.15) is 0 Å². The summed E-state index contributed by atoms with van der Waals surface area (Å²) >= 11 is 0. The fourth-order valence-corrected chi connectivity index (χ4v) is 2.36. The van der Waals surface area contributed by atoms with E-state index in [1.807, 2.05) is 13.8 Å². The Morgan fingerprint density at radius 3 is 2.81 bits per heavy atom. The molecule has 0 N–H and O–H groups in total. The highest BCUT2D eigenvalue weighted by atomic mass is 16.7. The van der Waals surface area contributed by atoms with Gasteiger partial charge < -0.3 is 9.47 Å². The molecule has 1 saturated carbocycles. The van der Waals surface area contributed by atoms with Crippen molar-refractivity contribution in [3.63, 3.8) is 0 Å². The molecular weight excluding hydrogens is 200 g/mol. The first-order valence-electron chi connectivity index (χ1n) is 6.65. The minimum atomic E-state index is -0.0496. The highest BCUT2D eigenvalue weighted by Gasteiger charge is 2.18. The SMILES string of the molecule is C=C1CCC[C@@H]1CCCCOC(C)OCC. The van der Waals surface area contributed by atoms with Crippen LogP contribution in [-0.2, 0) is 9.47 Å². The number of ether oxygens (including phenoxy) is 2. The molecule has 1 aliphatic rings. The molecule has 0 aromatic heterocycles. The smallest absolute Gasteiger partial charge is 0.154 e. The average Bonchev–Trinajstić information content (AvgIpc) is 2.64. The van der Waals surface area contributed by atoms with Crippen LogP contribution in [0.1, 0.15) is 52.4 Å². The zero-order chi connectivity index (χ0) is 11.8. The van der Waals surface area contributed by atoms with E-state index in [9.17, 15) is 0 Å². The van der Waals surface area contributed by atoms with E-state index in [0.29, 0.717) is 0 Å². The van der Waals surface area contributed by atoms with Crippen LogP contribution in [0, 0.1) is 5.92 Å². The number of allylic oxidation sites excluding steroid dienone is 1. The van der Waals surface area contributed by atoms with Gasteiger partial charge in [0.1, 0.15) is 0 Å². The van der Waals surface area contributed by atoms with Crippen molar-refractivity contribution >= 4 is 0 Å². The Morgan fingerprint density at radius 2 is 2.19 bits per heavy atom. The maximum Gasteiger partial charge on any atom is 0.154 e. The fourth-order valence-electron chi connectivity index (χ4n) is 2.36. The highest BCUT2D eigenvalue weighted by molar-refractivity contribution is 5.05. The van der Waals surface area contributed by atoms with E-state index in [2.05, 4.69) is 6.58 Å². The Bertz CT molecular complexity index is 201. The van der Waals surface area contributed by atoms with Crippen molar-refractivity contribution in [1.82, 2.24) is 0 Å². The Morgan fingerprint density at radius 1 is 1.38 bits per heavy atom. The first kappa shape index (κ1) is 13.7. The van der Waals surface area contributed by atoms with Crippen LogP contribution in [0.2, 0.25) is 0 Å². The largest absolute Gasteiger partial charge is 0.353 e. The van der Waals surface area contributed by atoms with E-state index in [-0.39, 0.29) is 6.29 Å². The number of hydrogen-bond donors (Lipinski definition) is 0. The van der Waals surface area contributed by atoms with Crippen LogP contribution in [0.4, 0.5) is 0 Å². The van der Waals surface area contributed by atoms with Crippen LogP contribution in [0.15, 0.2) is 12.2 Å². The van der Waals surface area contributed by atoms with Gasteiger partial charge in [-0.3, -0.25) is 0 Å². The van der Waals surface area contributed by atoms with Gasteiger partial charge in [0.2, 0.25) is 0 Å². The minimum absolute atomic E-state index is 0.0496. The molecule has 0 saturated heterocycles. The van der Waals surface area contributed by atoms with Crippen molar-refractivity contribution in [2.24, 2.45) is 5.92 Å². The lowest BCUT2D eigenvalue weighted by atomic mass is 9.97. The molecule has 1 unspecified atom stereocenters. The standard InChI is InChI=1S/C14H26O2/c1-4-15-13(3)16-11-6-5-9-14-10-7-8-12(14)2/h13-14H,2,4-11H2,1,3H3/t13?,14-/m0/s1. The minimum Gasteiger partial charge on any atom is -0.353 e. The van der Waals surface area contributed by atoms with E-state index in [4.69, 9.17) is 9.47 Å². The van der Waals surface area contributed by atoms with Gasteiger partial charge in [0.15, 0.2) is 6.29 Å².